The highest BCUT2D eigenvalue weighted by molar-refractivity contribution is 7.54. The number of anilines is 1. The summed E-state index contributed by atoms with van der Waals surface area (Å²) in [4.78, 5) is 0. The van der Waals surface area contributed by atoms with Crippen molar-refractivity contribution >= 4 is 13.3 Å². The molecule has 4 nitrogen and oxygen atoms in total. The van der Waals surface area contributed by atoms with E-state index in [1.54, 1.807) is 26.0 Å². The minimum Gasteiger partial charge on any atom is -0.368 e. The Morgan fingerprint density at radius 3 is 2.12 bits per heavy atom. The summed E-state index contributed by atoms with van der Waals surface area (Å²) in [6.45, 7) is 3.70. The number of hydrogen-bond acceptors (Lipinski definition) is 4. The molecule has 0 aliphatic carbocycles. The topological polar surface area (TPSA) is 47.6 Å². The SMILES string of the molecule is CCOP(=O)(OCC)C(Nc1cccc(F)c1)c1cccc(F)c1. The summed E-state index contributed by atoms with van der Waals surface area (Å²) in [6, 6.07) is 11.4. The second kappa shape index (κ2) is 8.38. The summed E-state index contributed by atoms with van der Waals surface area (Å²) in [6.07, 6.45) is 0. The van der Waals surface area contributed by atoms with E-state index in [0.717, 1.165) is 0 Å². The molecule has 2 aromatic rings. The Kier molecular flexibility index (Phi) is 6.49. The Morgan fingerprint density at radius 2 is 1.58 bits per heavy atom. The maximum absolute atomic E-state index is 13.6. The molecule has 0 aliphatic heterocycles. The maximum Gasteiger partial charge on any atom is 0.357 e. The van der Waals surface area contributed by atoms with Gasteiger partial charge in [-0.15, -0.1) is 0 Å². The van der Waals surface area contributed by atoms with Crippen LogP contribution in [0.15, 0.2) is 48.5 Å². The highest BCUT2D eigenvalue weighted by Crippen LogP contribution is 2.60. The fraction of sp³-hybridized carbons (Fsp3) is 0.294. The molecule has 0 saturated heterocycles. The molecule has 0 amide bonds. The Morgan fingerprint density at radius 1 is 1.00 bits per heavy atom. The fourth-order valence-corrected chi connectivity index (χ4v) is 4.23. The van der Waals surface area contributed by atoms with E-state index in [1.807, 2.05) is 0 Å². The van der Waals surface area contributed by atoms with Gasteiger partial charge in [0.25, 0.3) is 0 Å². The van der Waals surface area contributed by atoms with Gasteiger partial charge in [0.2, 0.25) is 0 Å². The molecule has 0 aromatic heterocycles. The van der Waals surface area contributed by atoms with Crippen LogP contribution in [0.5, 0.6) is 0 Å². The zero-order valence-electron chi connectivity index (χ0n) is 13.5. The van der Waals surface area contributed by atoms with E-state index < -0.39 is 25.0 Å². The molecule has 7 heteroatoms. The second-order valence-electron chi connectivity index (χ2n) is 4.99. The van der Waals surface area contributed by atoms with Crippen LogP contribution < -0.4 is 5.32 Å². The maximum atomic E-state index is 13.6. The van der Waals surface area contributed by atoms with Crippen LogP contribution in [0, 0.1) is 11.6 Å². The third-order valence-electron chi connectivity index (χ3n) is 3.23. The van der Waals surface area contributed by atoms with E-state index in [-0.39, 0.29) is 13.2 Å². The van der Waals surface area contributed by atoms with Gasteiger partial charge in [-0.1, -0.05) is 18.2 Å². The first-order valence-corrected chi connectivity index (χ1v) is 9.26. The molecule has 24 heavy (non-hydrogen) atoms. The number of rotatable bonds is 8. The quantitative estimate of drug-likeness (QED) is 0.649. The summed E-state index contributed by atoms with van der Waals surface area (Å²) >= 11 is 0. The molecule has 0 fully saturated rings. The van der Waals surface area contributed by atoms with Crippen molar-refractivity contribution in [3.05, 3.63) is 65.7 Å². The predicted octanol–water partition coefficient (Wildman–Crippen LogP) is 5.34. The molecule has 2 rings (SSSR count). The lowest BCUT2D eigenvalue weighted by Crippen LogP contribution is -2.15. The summed E-state index contributed by atoms with van der Waals surface area (Å²) in [7, 11) is -3.65. The van der Waals surface area contributed by atoms with Crippen LogP contribution in [0.3, 0.4) is 0 Å². The molecule has 1 atom stereocenters. The van der Waals surface area contributed by atoms with E-state index >= 15 is 0 Å². The number of halogens is 2. The van der Waals surface area contributed by atoms with Crippen molar-refractivity contribution in [2.75, 3.05) is 18.5 Å². The molecular weight excluding hydrogens is 335 g/mol. The van der Waals surface area contributed by atoms with Crippen molar-refractivity contribution in [3.63, 3.8) is 0 Å². The van der Waals surface area contributed by atoms with Crippen LogP contribution in [0.1, 0.15) is 25.2 Å². The van der Waals surface area contributed by atoms with Crippen LogP contribution >= 0.6 is 7.60 Å². The normalized spacial score (nSPS) is 12.8. The zero-order valence-corrected chi connectivity index (χ0v) is 14.4. The third kappa shape index (κ3) is 4.63. The lowest BCUT2D eigenvalue weighted by Gasteiger charge is -2.28. The Hall–Kier alpha value is -1.75. The molecule has 0 saturated carbocycles. The molecule has 1 unspecified atom stereocenters. The largest absolute Gasteiger partial charge is 0.368 e. The second-order valence-corrected chi connectivity index (χ2v) is 7.10. The van der Waals surface area contributed by atoms with E-state index in [1.165, 1.54) is 36.4 Å². The first-order chi connectivity index (χ1) is 11.5. The van der Waals surface area contributed by atoms with Crippen LogP contribution in [0.4, 0.5) is 14.5 Å². The van der Waals surface area contributed by atoms with Gasteiger partial charge < -0.3 is 14.4 Å². The van der Waals surface area contributed by atoms with E-state index in [4.69, 9.17) is 9.05 Å². The summed E-state index contributed by atoms with van der Waals surface area (Å²) in [5.41, 5.74) is 0.786. The van der Waals surface area contributed by atoms with Crippen molar-refractivity contribution in [1.29, 1.82) is 0 Å². The van der Waals surface area contributed by atoms with Crippen LogP contribution in [0.2, 0.25) is 0 Å². The van der Waals surface area contributed by atoms with E-state index in [2.05, 4.69) is 5.32 Å². The minimum atomic E-state index is -3.65. The first-order valence-electron chi connectivity index (χ1n) is 7.65. The lowest BCUT2D eigenvalue weighted by molar-refractivity contribution is 0.214. The Bertz CT molecular complexity index is 716. The van der Waals surface area contributed by atoms with Crippen molar-refractivity contribution in [1.82, 2.24) is 0 Å². The summed E-state index contributed by atoms with van der Waals surface area (Å²) in [5, 5.41) is 2.95. The molecule has 0 radical (unpaired) electrons. The third-order valence-corrected chi connectivity index (χ3v) is 5.52. The van der Waals surface area contributed by atoms with Crippen LogP contribution in [-0.4, -0.2) is 13.2 Å². The standard InChI is InChI=1S/C17H20F2NO3P/c1-3-22-24(21,23-4-2)17(13-7-5-8-14(18)11-13)20-16-10-6-9-15(19)12-16/h5-12,17,20H,3-4H2,1-2H3. The predicted molar refractivity (Wildman–Crippen MR) is 90.0 cm³/mol. The molecular formula is C17H20F2NO3P. The zero-order chi connectivity index (χ0) is 17.6. The van der Waals surface area contributed by atoms with Crippen molar-refractivity contribution in [2.24, 2.45) is 0 Å². The average molecular weight is 355 g/mol. The van der Waals surface area contributed by atoms with Gasteiger partial charge in [-0.05, 0) is 49.7 Å². The van der Waals surface area contributed by atoms with Gasteiger partial charge in [-0.3, -0.25) is 4.57 Å². The Labute approximate surface area is 140 Å². The Balaban J connectivity index is 2.45. The first kappa shape index (κ1) is 18.6. The number of nitrogens with one attached hydrogen (secondary N) is 1. The van der Waals surface area contributed by atoms with Gasteiger partial charge in [0.1, 0.15) is 11.6 Å². The van der Waals surface area contributed by atoms with Crippen molar-refractivity contribution in [3.8, 4) is 0 Å². The van der Waals surface area contributed by atoms with Gasteiger partial charge >= 0.3 is 7.60 Å². The number of benzene rings is 2. The molecule has 2 aromatic carbocycles. The van der Waals surface area contributed by atoms with Crippen LogP contribution in [0.25, 0.3) is 0 Å². The molecule has 0 bridgehead atoms. The highest BCUT2D eigenvalue weighted by Gasteiger charge is 2.37. The van der Waals surface area contributed by atoms with Crippen LogP contribution in [-0.2, 0) is 13.6 Å². The molecule has 1 N–H and O–H groups in total. The summed E-state index contributed by atoms with van der Waals surface area (Å²) in [5.74, 6) is -1.88. The van der Waals surface area contributed by atoms with Gasteiger partial charge in [0.15, 0.2) is 5.78 Å². The smallest absolute Gasteiger partial charge is 0.357 e. The molecule has 0 spiro atoms. The van der Waals surface area contributed by atoms with Gasteiger partial charge in [-0.2, -0.15) is 0 Å². The van der Waals surface area contributed by atoms with Gasteiger partial charge in [0.05, 0.1) is 13.2 Å². The molecule has 0 heterocycles. The molecule has 0 aliphatic rings. The number of hydrogen-bond donors (Lipinski definition) is 1. The van der Waals surface area contributed by atoms with Crippen molar-refractivity contribution < 1.29 is 22.4 Å². The molecule has 130 valence electrons. The van der Waals surface area contributed by atoms with Gasteiger partial charge in [-0.25, -0.2) is 8.78 Å². The summed E-state index contributed by atoms with van der Waals surface area (Å²) < 4.78 is 51.0. The van der Waals surface area contributed by atoms with Gasteiger partial charge in [0, 0.05) is 5.69 Å². The lowest BCUT2D eigenvalue weighted by atomic mass is 10.2. The van der Waals surface area contributed by atoms with E-state index in [9.17, 15) is 13.3 Å². The highest BCUT2D eigenvalue weighted by atomic mass is 31.2. The minimum absolute atomic E-state index is 0.161. The monoisotopic (exact) mass is 355 g/mol. The van der Waals surface area contributed by atoms with E-state index in [0.29, 0.717) is 11.3 Å². The van der Waals surface area contributed by atoms with Crippen molar-refractivity contribution in [2.45, 2.75) is 19.6 Å². The average Bonchev–Trinajstić information content (AvgIpc) is 2.53. The fourth-order valence-electron chi connectivity index (χ4n) is 2.30.